The van der Waals surface area contributed by atoms with Crippen molar-refractivity contribution < 1.29 is 9.53 Å². The Morgan fingerprint density at radius 3 is 2.79 bits per heavy atom. The molecule has 3 rings (SSSR count). The van der Waals surface area contributed by atoms with Crippen LogP contribution in [0.1, 0.15) is 35.3 Å². The molecule has 1 unspecified atom stereocenters. The molecule has 0 aliphatic carbocycles. The highest BCUT2D eigenvalue weighted by Gasteiger charge is 2.26. The summed E-state index contributed by atoms with van der Waals surface area (Å²) in [6.07, 6.45) is 1.13. The minimum absolute atomic E-state index is 0.167. The molecule has 0 N–H and O–H groups in total. The van der Waals surface area contributed by atoms with Gasteiger partial charge in [0.1, 0.15) is 11.9 Å². The van der Waals surface area contributed by atoms with E-state index >= 15 is 0 Å². The molecule has 5 nitrogen and oxygen atoms in total. The van der Waals surface area contributed by atoms with Gasteiger partial charge in [-0.05, 0) is 31.9 Å². The van der Waals surface area contributed by atoms with Crippen LogP contribution in [-0.4, -0.2) is 40.5 Å². The molecule has 0 bridgehead atoms. The first-order chi connectivity index (χ1) is 11.6. The van der Waals surface area contributed by atoms with Gasteiger partial charge in [0.15, 0.2) is 0 Å². The Bertz CT molecular complexity index is 683. The Kier molecular flexibility index (Phi) is 5.20. The largest absolute Gasteiger partial charge is 0.368 e. The minimum atomic E-state index is -0.167. The van der Waals surface area contributed by atoms with E-state index in [0.717, 1.165) is 23.6 Å². The molecule has 1 aliphatic heterocycles. The average molecular weight is 325 g/mol. The lowest BCUT2D eigenvalue weighted by molar-refractivity contribution is -0.139. The fraction of sp³-hybridized carbons (Fsp3) is 0.421. The van der Waals surface area contributed by atoms with Crippen LogP contribution < -0.4 is 0 Å². The Morgan fingerprint density at radius 1 is 1.25 bits per heavy atom. The van der Waals surface area contributed by atoms with Crippen molar-refractivity contribution in [3.8, 4) is 0 Å². The molecule has 1 amide bonds. The lowest BCUT2D eigenvalue weighted by Gasteiger charge is -2.33. The lowest BCUT2D eigenvalue weighted by Crippen LogP contribution is -2.42. The highest BCUT2D eigenvalue weighted by atomic mass is 16.5. The fourth-order valence-corrected chi connectivity index (χ4v) is 3.02. The number of ether oxygens (including phenoxy) is 1. The molecule has 1 aromatic carbocycles. The number of rotatable bonds is 4. The number of amides is 1. The highest BCUT2D eigenvalue weighted by molar-refractivity contribution is 5.76. The Hall–Kier alpha value is -2.27. The molecule has 1 aliphatic rings. The van der Waals surface area contributed by atoms with Crippen LogP contribution in [0.2, 0.25) is 0 Å². The maximum absolute atomic E-state index is 12.5. The molecule has 1 aromatic heterocycles. The van der Waals surface area contributed by atoms with Gasteiger partial charge in [-0.2, -0.15) is 0 Å². The topological polar surface area (TPSA) is 55.3 Å². The highest BCUT2D eigenvalue weighted by Crippen LogP contribution is 2.22. The van der Waals surface area contributed by atoms with Gasteiger partial charge in [0.2, 0.25) is 5.91 Å². The summed E-state index contributed by atoms with van der Waals surface area (Å²) < 4.78 is 5.83. The van der Waals surface area contributed by atoms with Gasteiger partial charge in [-0.3, -0.25) is 4.79 Å². The molecule has 1 saturated heterocycles. The van der Waals surface area contributed by atoms with Crippen molar-refractivity contribution in [3.05, 3.63) is 59.2 Å². The van der Waals surface area contributed by atoms with Crippen LogP contribution in [0.5, 0.6) is 0 Å². The van der Waals surface area contributed by atoms with Crippen molar-refractivity contribution in [2.24, 2.45) is 0 Å². The van der Waals surface area contributed by atoms with Gasteiger partial charge in [-0.1, -0.05) is 30.3 Å². The van der Waals surface area contributed by atoms with E-state index in [1.165, 1.54) is 5.56 Å². The number of hydrogen-bond acceptors (Lipinski definition) is 4. The zero-order valence-corrected chi connectivity index (χ0v) is 14.2. The third kappa shape index (κ3) is 4.17. The number of benzene rings is 1. The van der Waals surface area contributed by atoms with Crippen molar-refractivity contribution in [1.29, 1.82) is 0 Å². The average Bonchev–Trinajstić information content (AvgIpc) is 2.60. The molecule has 126 valence electrons. The SMILES string of the molecule is Cc1cc(C2CN(C(=O)CCc3ccccc3)CCO2)nc(C)n1. The summed E-state index contributed by atoms with van der Waals surface area (Å²) >= 11 is 0. The van der Waals surface area contributed by atoms with Gasteiger partial charge in [0.05, 0.1) is 18.8 Å². The Balaban J connectivity index is 1.61. The van der Waals surface area contributed by atoms with Gasteiger partial charge in [-0.15, -0.1) is 0 Å². The van der Waals surface area contributed by atoms with E-state index < -0.39 is 0 Å². The predicted molar refractivity (Wildman–Crippen MR) is 91.5 cm³/mol. The quantitative estimate of drug-likeness (QED) is 0.867. The summed E-state index contributed by atoms with van der Waals surface area (Å²) in [5, 5.41) is 0. The maximum atomic E-state index is 12.5. The first-order valence-corrected chi connectivity index (χ1v) is 8.37. The molecule has 1 atom stereocenters. The minimum Gasteiger partial charge on any atom is -0.368 e. The number of carbonyl (C=O) groups excluding carboxylic acids is 1. The molecule has 24 heavy (non-hydrogen) atoms. The molecular formula is C19H23N3O2. The number of nitrogens with zero attached hydrogens (tertiary/aromatic N) is 3. The smallest absolute Gasteiger partial charge is 0.223 e. The number of morpholine rings is 1. The van der Waals surface area contributed by atoms with Crippen molar-refractivity contribution in [2.75, 3.05) is 19.7 Å². The molecular weight excluding hydrogens is 302 g/mol. The molecule has 2 aromatic rings. The summed E-state index contributed by atoms with van der Waals surface area (Å²) in [7, 11) is 0. The van der Waals surface area contributed by atoms with E-state index in [-0.39, 0.29) is 12.0 Å². The molecule has 0 radical (unpaired) electrons. The number of carbonyl (C=O) groups is 1. The molecule has 2 heterocycles. The van der Waals surface area contributed by atoms with Crippen LogP contribution >= 0.6 is 0 Å². The Morgan fingerprint density at radius 2 is 2.04 bits per heavy atom. The lowest BCUT2D eigenvalue weighted by atomic mass is 10.1. The van der Waals surface area contributed by atoms with Gasteiger partial charge < -0.3 is 9.64 Å². The van der Waals surface area contributed by atoms with Crippen molar-refractivity contribution in [2.45, 2.75) is 32.8 Å². The Labute approximate surface area is 142 Å². The second kappa shape index (κ2) is 7.53. The van der Waals surface area contributed by atoms with Crippen LogP contribution in [0.4, 0.5) is 0 Å². The fourth-order valence-electron chi connectivity index (χ4n) is 3.02. The van der Waals surface area contributed by atoms with E-state index in [9.17, 15) is 4.79 Å². The summed E-state index contributed by atoms with van der Waals surface area (Å²) in [6.45, 7) is 5.58. The van der Waals surface area contributed by atoms with Crippen molar-refractivity contribution in [3.63, 3.8) is 0 Å². The summed E-state index contributed by atoms with van der Waals surface area (Å²) in [6, 6.07) is 12.1. The van der Waals surface area contributed by atoms with E-state index in [1.807, 2.05) is 43.0 Å². The summed E-state index contributed by atoms with van der Waals surface area (Å²) in [4.78, 5) is 23.2. The standard InChI is InChI=1S/C19H23N3O2/c1-14-12-17(21-15(2)20-14)18-13-22(10-11-24-18)19(23)9-8-16-6-4-3-5-7-16/h3-7,12,18H,8-11,13H2,1-2H3. The second-order valence-corrected chi connectivity index (χ2v) is 6.17. The van der Waals surface area contributed by atoms with Crippen LogP contribution in [0.25, 0.3) is 0 Å². The molecule has 5 heteroatoms. The van der Waals surface area contributed by atoms with E-state index in [1.54, 1.807) is 0 Å². The van der Waals surface area contributed by atoms with Gasteiger partial charge in [0.25, 0.3) is 0 Å². The number of aromatic nitrogens is 2. The number of aryl methyl sites for hydroxylation is 3. The van der Waals surface area contributed by atoms with Crippen molar-refractivity contribution in [1.82, 2.24) is 14.9 Å². The van der Waals surface area contributed by atoms with Gasteiger partial charge in [0, 0.05) is 18.7 Å². The monoisotopic (exact) mass is 325 g/mol. The number of hydrogen-bond donors (Lipinski definition) is 0. The first kappa shape index (κ1) is 16.6. The summed E-state index contributed by atoms with van der Waals surface area (Å²) in [5.41, 5.74) is 2.98. The van der Waals surface area contributed by atoms with Crippen LogP contribution in [-0.2, 0) is 16.0 Å². The summed E-state index contributed by atoms with van der Waals surface area (Å²) in [5.74, 6) is 0.913. The zero-order valence-electron chi connectivity index (χ0n) is 14.2. The van der Waals surface area contributed by atoms with Crippen LogP contribution in [0.15, 0.2) is 36.4 Å². The van der Waals surface area contributed by atoms with Gasteiger partial charge >= 0.3 is 0 Å². The van der Waals surface area contributed by atoms with E-state index in [4.69, 9.17) is 4.74 Å². The van der Waals surface area contributed by atoms with E-state index in [0.29, 0.717) is 26.1 Å². The third-order valence-electron chi connectivity index (χ3n) is 4.21. The maximum Gasteiger partial charge on any atom is 0.223 e. The van der Waals surface area contributed by atoms with Crippen LogP contribution in [0, 0.1) is 13.8 Å². The predicted octanol–water partition coefficient (Wildman–Crippen LogP) is 2.63. The van der Waals surface area contributed by atoms with Gasteiger partial charge in [-0.25, -0.2) is 9.97 Å². The van der Waals surface area contributed by atoms with Crippen molar-refractivity contribution >= 4 is 5.91 Å². The molecule has 0 spiro atoms. The zero-order chi connectivity index (χ0) is 16.9. The van der Waals surface area contributed by atoms with Crippen LogP contribution in [0.3, 0.4) is 0 Å². The second-order valence-electron chi connectivity index (χ2n) is 6.17. The van der Waals surface area contributed by atoms with E-state index in [2.05, 4.69) is 22.1 Å². The normalized spacial score (nSPS) is 17.8. The first-order valence-electron chi connectivity index (χ1n) is 8.37. The third-order valence-corrected chi connectivity index (χ3v) is 4.21. The molecule has 1 fully saturated rings. The molecule has 0 saturated carbocycles.